The van der Waals surface area contributed by atoms with Gasteiger partial charge in [-0.05, 0) is 73.9 Å². The minimum absolute atomic E-state index is 0.145. The number of rotatable bonds is 27. The summed E-state index contributed by atoms with van der Waals surface area (Å²) >= 11 is 0. The predicted molar refractivity (Wildman–Crippen MR) is 331 cm³/mol. The number of carbonyl (C=O) groups excluding carboxylic acids is 3. The first kappa shape index (κ1) is 79.0. The third-order valence-electron chi connectivity index (χ3n) is 12.8. The molecule has 0 aliphatic heterocycles. The highest BCUT2D eigenvalue weighted by Gasteiger charge is 2.42. The fourth-order valence-electron chi connectivity index (χ4n) is 7.86. The Bertz CT molecular complexity index is 4010. The van der Waals surface area contributed by atoms with Crippen LogP contribution < -0.4 is 42.4 Å². The largest absolute Gasteiger partial charge is 0.513 e. The summed E-state index contributed by atoms with van der Waals surface area (Å²) < 4.78 is 291. The van der Waals surface area contributed by atoms with E-state index in [0.29, 0.717) is 16.7 Å². The second-order valence-electron chi connectivity index (χ2n) is 20.5. The van der Waals surface area contributed by atoms with E-state index in [1.165, 1.54) is 93.6 Å². The molecular formula is C66H51F15N3O15P3. The Morgan fingerprint density at radius 2 is 0.441 bits per heavy atom. The molecule has 540 valence electrons. The van der Waals surface area contributed by atoms with E-state index in [2.05, 4.69) is 28.8 Å². The van der Waals surface area contributed by atoms with Crippen LogP contribution >= 0.6 is 23.2 Å². The van der Waals surface area contributed by atoms with E-state index in [1.54, 1.807) is 109 Å². The van der Waals surface area contributed by atoms with E-state index >= 15 is 0 Å². The van der Waals surface area contributed by atoms with Crippen molar-refractivity contribution in [3.63, 3.8) is 0 Å². The molecule has 0 heterocycles. The van der Waals surface area contributed by atoms with Crippen molar-refractivity contribution < 1.29 is 135 Å². The van der Waals surface area contributed by atoms with Crippen molar-refractivity contribution in [3.8, 4) is 34.5 Å². The quantitative estimate of drug-likeness (QED) is 0.0109. The van der Waals surface area contributed by atoms with Crippen LogP contribution in [0, 0.1) is 87.3 Å². The zero-order chi connectivity index (χ0) is 74.6. The fourth-order valence-corrected chi connectivity index (χ4v) is 12.4. The van der Waals surface area contributed by atoms with Gasteiger partial charge >= 0.3 is 41.1 Å². The fraction of sp³-hybridized carbons (Fsp3) is 0.136. The number of halogens is 15. The summed E-state index contributed by atoms with van der Waals surface area (Å²) in [4.78, 5) is 37.1. The summed E-state index contributed by atoms with van der Waals surface area (Å²) in [5.41, 5.74) is 1.93. The molecule has 0 aliphatic carbocycles. The smallest absolute Gasteiger partial charge is 0.460 e. The van der Waals surface area contributed by atoms with Crippen molar-refractivity contribution in [2.75, 3.05) is 0 Å². The predicted octanol–water partition coefficient (Wildman–Crippen LogP) is 17.0. The standard InChI is InChI=1S/3C22H17F5NO5P/c3*1-13(22(29)31-12-14-8-4-2-5-9-14)28-34(30,32-15-10-6-3-7-11-15)33-21-19(26)17(24)16(23)18(25)20(21)27/h3*2-11,13H,12H2,1H3,(H,28,30)/t13-,34?;13-,34+;13-,34-/m000/s1. The number of hydrogen-bond donors (Lipinski definition) is 3. The molecule has 9 aromatic rings. The Kier molecular flexibility index (Phi) is 27.8. The Morgan fingerprint density at radius 3 is 0.627 bits per heavy atom. The Balaban J connectivity index is 0.000000214. The Labute approximate surface area is 568 Å². The van der Waals surface area contributed by atoms with Crippen molar-refractivity contribution in [1.82, 2.24) is 15.3 Å². The highest BCUT2D eigenvalue weighted by atomic mass is 31.2. The van der Waals surface area contributed by atoms with Gasteiger partial charge < -0.3 is 41.4 Å². The van der Waals surface area contributed by atoms with Crippen molar-refractivity contribution in [1.29, 1.82) is 0 Å². The summed E-state index contributed by atoms with van der Waals surface area (Å²) in [5.74, 6) is -44.2. The van der Waals surface area contributed by atoms with Gasteiger partial charge in [0.25, 0.3) is 0 Å². The second kappa shape index (κ2) is 35.8. The number of ether oxygens (including phenoxy) is 3. The minimum Gasteiger partial charge on any atom is -0.460 e. The van der Waals surface area contributed by atoms with Crippen LogP contribution in [-0.2, 0) is 62.1 Å². The zero-order valence-corrected chi connectivity index (χ0v) is 55.0. The van der Waals surface area contributed by atoms with Crippen LogP contribution in [0.15, 0.2) is 182 Å². The first-order valence-electron chi connectivity index (χ1n) is 29.0. The molecule has 0 aromatic heterocycles. The lowest BCUT2D eigenvalue weighted by Gasteiger charge is -2.23. The molecule has 1 unspecified atom stereocenters. The molecule has 0 saturated carbocycles. The monoisotopic (exact) mass is 1500 g/mol. The van der Waals surface area contributed by atoms with Crippen molar-refractivity contribution in [2.45, 2.75) is 58.7 Å². The molecule has 0 fully saturated rings. The summed E-state index contributed by atoms with van der Waals surface area (Å²) in [6.07, 6.45) is 0. The molecule has 36 heteroatoms. The Morgan fingerprint density at radius 1 is 0.275 bits per heavy atom. The van der Waals surface area contributed by atoms with Gasteiger partial charge in [-0.2, -0.15) is 41.6 Å². The van der Waals surface area contributed by atoms with Crippen LogP contribution in [0.4, 0.5) is 65.9 Å². The number of para-hydroxylation sites is 3. The average Bonchev–Trinajstić information content (AvgIpc) is 0.794. The summed E-state index contributed by atoms with van der Waals surface area (Å²) in [5, 5.41) is 6.30. The third-order valence-corrected chi connectivity index (χ3v) is 17.6. The molecule has 0 amide bonds. The molecule has 0 bridgehead atoms. The maximum absolute atomic E-state index is 14.1. The van der Waals surface area contributed by atoms with Crippen LogP contribution in [0.25, 0.3) is 0 Å². The number of esters is 3. The van der Waals surface area contributed by atoms with Crippen LogP contribution in [-0.4, -0.2) is 36.0 Å². The van der Waals surface area contributed by atoms with Crippen molar-refractivity contribution in [2.24, 2.45) is 0 Å². The number of nitrogens with one attached hydrogen (secondary N) is 3. The summed E-state index contributed by atoms with van der Waals surface area (Å²) in [7, 11) is -14.9. The van der Waals surface area contributed by atoms with E-state index in [1.807, 2.05) is 0 Å². The SMILES string of the molecule is C[C@H](NP(=O)(Oc1ccccc1)Oc1c(F)c(F)c(F)c(F)c1F)C(=O)OCc1ccccc1.C[C@H](N[P@@](=O)(Oc1ccccc1)Oc1c(F)c(F)c(F)c(F)c1F)C(=O)OCc1ccccc1.C[C@H](N[P@](=O)(Oc1ccccc1)Oc1c(F)c(F)c(F)c(F)c1F)C(=O)OCc1ccccc1. The summed E-state index contributed by atoms with van der Waals surface area (Å²) in [6.45, 7) is 3.10. The molecular weight excluding hydrogens is 1450 g/mol. The Hall–Kier alpha value is -10.3. The summed E-state index contributed by atoms with van der Waals surface area (Å²) in [6, 6.07) is 42.4. The van der Waals surface area contributed by atoms with E-state index in [9.17, 15) is 93.9 Å². The van der Waals surface area contributed by atoms with Gasteiger partial charge in [0.15, 0.2) is 0 Å². The molecule has 0 aliphatic rings. The maximum atomic E-state index is 14.1. The molecule has 6 atom stereocenters. The average molecular weight is 1500 g/mol. The number of carbonyl (C=O) groups is 3. The van der Waals surface area contributed by atoms with E-state index in [-0.39, 0.29) is 37.1 Å². The van der Waals surface area contributed by atoms with Gasteiger partial charge in [0.1, 0.15) is 55.2 Å². The first-order chi connectivity index (χ1) is 48.3. The molecule has 0 radical (unpaired) electrons. The lowest BCUT2D eigenvalue weighted by atomic mass is 10.2. The lowest BCUT2D eigenvalue weighted by molar-refractivity contribution is -0.147. The third kappa shape index (κ3) is 21.4. The highest BCUT2D eigenvalue weighted by Crippen LogP contribution is 2.51. The lowest BCUT2D eigenvalue weighted by Crippen LogP contribution is -2.36. The van der Waals surface area contributed by atoms with Gasteiger partial charge in [-0.25, -0.2) is 53.2 Å². The second-order valence-corrected chi connectivity index (χ2v) is 25.4. The highest BCUT2D eigenvalue weighted by molar-refractivity contribution is 7.53. The molecule has 9 rings (SSSR count). The zero-order valence-electron chi connectivity index (χ0n) is 52.3. The molecule has 102 heavy (non-hydrogen) atoms. The van der Waals surface area contributed by atoms with Crippen molar-refractivity contribution in [3.05, 3.63) is 286 Å². The van der Waals surface area contributed by atoms with Crippen LogP contribution in [0.5, 0.6) is 34.5 Å². The first-order valence-corrected chi connectivity index (χ1v) is 33.6. The van der Waals surface area contributed by atoms with Gasteiger partial charge in [0.2, 0.25) is 105 Å². The van der Waals surface area contributed by atoms with Gasteiger partial charge in [-0.1, -0.05) is 146 Å². The molecule has 0 saturated heterocycles. The van der Waals surface area contributed by atoms with Crippen LogP contribution in [0.2, 0.25) is 0 Å². The minimum atomic E-state index is -4.96. The maximum Gasteiger partial charge on any atom is 0.513 e. The van der Waals surface area contributed by atoms with Gasteiger partial charge in [-0.15, -0.1) is 0 Å². The topological polar surface area (TPSA) is 222 Å². The van der Waals surface area contributed by atoms with E-state index < -0.39 is 164 Å². The van der Waals surface area contributed by atoms with E-state index in [4.69, 9.17) is 27.8 Å². The molecule has 0 spiro atoms. The van der Waals surface area contributed by atoms with Gasteiger partial charge in [-0.3, -0.25) is 14.4 Å². The normalized spacial score (nSPS) is 13.6. The molecule has 3 N–H and O–H groups in total. The van der Waals surface area contributed by atoms with E-state index in [0.717, 1.165) is 0 Å². The molecule has 9 aromatic carbocycles. The van der Waals surface area contributed by atoms with Crippen LogP contribution in [0.3, 0.4) is 0 Å². The van der Waals surface area contributed by atoms with Crippen molar-refractivity contribution >= 4 is 41.1 Å². The van der Waals surface area contributed by atoms with Gasteiger partial charge in [0.05, 0.1) is 0 Å². The number of hydrogen-bond acceptors (Lipinski definition) is 15. The van der Waals surface area contributed by atoms with Gasteiger partial charge in [0, 0.05) is 0 Å². The van der Waals surface area contributed by atoms with Crippen LogP contribution in [0.1, 0.15) is 37.5 Å². The molecule has 18 nitrogen and oxygen atoms in total. The number of benzene rings is 9.